The van der Waals surface area contributed by atoms with E-state index in [0.29, 0.717) is 24.1 Å². The third-order valence-electron chi connectivity index (χ3n) is 6.12. The minimum absolute atomic E-state index is 0.0462. The molecule has 4 nitrogen and oxygen atoms in total. The molecule has 2 aromatic rings. The summed E-state index contributed by atoms with van der Waals surface area (Å²) in [5, 5.41) is 7.67. The Bertz CT molecular complexity index is 834. The Morgan fingerprint density at radius 2 is 1.96 bits per heavy atom. The van der Waals surface area contributed by atoms with Gasteiger partial charge in [-0.05, 0) is 60.8 Å². The van der Waals surface area contributed by atoms with Crippen molar-refractivity contribution in [1.29, 1.82) is 0 Å². The van der Waals surface area contributed by atoms with Gasteiger partial charge in [0.2, 0.25) is 5.91 Å². The van der Waals surface area contributed by atoms with Crippen molar-refractivity contribution in [3.8, 4) is 11.3 Å². The standard InChI is InChI=1S/C21H26FN3O/c1-21(2)12-15(21)11-17(26)23-20-18(13-5-4-6-13)19(25(3)24-20)14-7-9-16(22)10-8-14/h7-10,13,15H,4-6,11-12H2,1-3H3,(H,23,24,26)/t15-/m0/s1. The molecular formula is C21H26FN3O. The molecule has 0 spiro atoms. The zero-order chi connectivity index (χ0) is 18.5. The van der Waals surface area contributed by atoms with Crippen molar-refractivity contribution in [2.45, 2.75) is 51.9 Å². The average molecular weight is 355 g/mol. The SMILES string of the molecule is Cn1nc(NC(=O)C[C@H]2CC2(C)C)c(C2CCC2)c1-c1ccc(F)cc1. The van der Waals surface area contributed by atoms with Crippen molar-refractivity contribution in [2.24, 2.45) is 18.4 Å². The molecule has 1 atom stereocenters. The van der Waals surface area contributed by atoms with Crippen molar-refractivity contribution in [3.05, 3.63) is 35.6 Å². The molecule has 0 unspecified atom stereocenters. The van der Waals surface area contributed by atoms with Gasteiger partial charge in [-0.3, -0.25) is 9.48 Å². The molecule has 2 fully saturated rings. The third-order valence-corrected chi connectivity index (χ3v) is 6.12. The summed E-state index contributed by atoms with van der Waals surface area (Å²) in [5.74, 6) is 1.36. The van der Waals surface area contributed by atoms with Gasteiger partial charge >= 0.3 is 0 Å². The van der Waals surface area contributed by atoms with Crippen LogP contribution in [0.1, 0.15) is 57.4 Å². The second kappa shape index (κ2) is 6.22. The van der Waals surface area contributed by atoms with Crippen molar-refractivity contribution in [2.75, 3.05) is 5.32 Å². The highest BCUT2D eigenvalue weighted by atomic mass is 19.1. The fourth-order valence-corrected chi connectivity index (χ4v) is 4.00. The van der Waals surface area contributed by atoms with Crippen LogP contribution in [0, 0.1) is 17.2 Å². The first-order valence-electron chi connectivity index (χ1n) is 9.48. The molecule has 0 aliphatic heterocycles. The van der Waals surface area contributed by atoms with Crippen LogP contribution in [0.5, 0.6) is 0 Å². The smallest absolute Gasteiger partial charge is 0.225 e. The molecule has 26 heavy (non-hydrogen) atoms. The first-order valence-corrected chi connectivity index (χ1v) is 9.48. The lowest BCUT2D eigenvalue weighted by Crippen LogP contribution is -2.17. The number of hydrogen-bond donors (Lipinski definition) is 1. The number of hydrogen-bond acceptors (Lipinski definition) is 2. The summed E-state index contributed by atoms with van der Waals surface area (Å²) in [5.41, 5.74) is 3.31. The third kappa shape index (κ3) is 3.15. The lowest BCUT2D eigenvalue weighted by Gasteiger charge is -2.27. The second-order valence-electron chi connectivity index (χ2n) is 8.51. The molecule has 2 saturated carbocycles. The van der Waals surface area contributed by atoms with E-state index in [-0.39, 0.29) is 17.1 Å². The Morgan fingerprint density at radius 1 is 1.31 bits per heavy atom. The highest BCUT2D eigenvalue weighted by molar-refractivity contribution is 5.92. The van der Waals surface area contributed by atoms with Crippen LogP contribution in [0.3, 0.4) is 0 Å². The minimum atomic E-state index is -0.248. The van der Waals surface area contributed by atoms with Crippen molar-refractivity contribution in [3.63, 3.8) is 0 Å². The number of carbonyl (C=O) groups excluding carboxylic acids is 1. The first kappa shape index (κ1) is 17.3. The fraction of sp³-hybridized carbons (Fsp3) is 0.524. The van der Waals surface area contributed by atoms with E-state index in [9.17, 15) is 9.18 Å². The average Bonchev–Trinajstić information content (AvgIpc) is 2.99. The predicted octanol–water partition coefficient (Wildman–Crippen LogP) is 4.87. The Hall–Kier alpha value is -2.17. The molecular weight excluding hydrogens is 329 g/mol. The molecule has 138 valence electrons. The molecule has 1 aromatic heterocycles. The van der Waals surface area contributed by atoms with Gasteiger partial charge in [0.25, 0.3) is 0 Å². The van der Waals surface area contributed by atoms with Crippen LogP contribution < -0.4 is 5.32 Å². The molecule has 5 heteroatoms. The summed E-state index contributed by atoms with van der Waals surface area (Å²) in [6.07, 6.45) is 5.08. The maximum absolute atomic E-state index is 13.3. The quantitative estimate of drug-likeness (QED) is 0.832. The summed E-state index contributed by atoms with van der Waals surface area (Å²) in [4.78, 5) is 12.5. The van der Waals surface area contributed by atoms with Gasteiger partial charge in [-0.2, -0.15) is 5.10 Å². The number of nitrogens with one attached hydrogen (secondary N) is 1. The summed E-state index contributed by atoms with van der Waals surface area (Å²) in [6, 6.07) is 6.51. The number of aromatic nitrogens is 2. The summed E-state index contributed by atoms with van der Waals surface area (Å²) < 4.78 is 15.1. The van der Waals surface area contributed by atoms with Gasteiger partial charge in [-0.1, -0.05) is 20.3 Å². The normalized spacial score (nSPS) is 21.3. The zero-order valence-electron chi connectivity index (χ0n) is 15.7. The van der Waals surface area contributed by atoms with E-state index in [1.54, 1.807) is 12.1 Å². The van der Waals surface area contributed by atoms with Gasteiger partial charge in [0.1, 0.15) is 5.82 Å². The number of halogens is 1. The Balaban J connectivity index is 1.63. The van der Waals surface area contributed by atoms with Crippen LogP contribution in [-0.2, 0) is 11.8 Å². The Labute approximate surface area is 153 Å². The maximum atomic E-state index is 13.3. The number of nitrogens with zero attached hydrogens (tertiary/aromatic N) is 2. The van der Waals surface area contributed by atoms with E-state index in [1.165, 1.54) is 18.6 Å². The molecule has 1 amide bonds. The predicted molar refractivity (Wildman–Crippen MR) is 100 cm³/mol. The minimum Gasteiger partial charge on any atom is -0.309 e. The molecule has 0 saturated heterocycles. The number of aryl methyl sites for hydroxylation is 1. The van der Waals surface area contributed by atoms with E-state index in [1.807, 2.05) is 11.7 Å². The number of carbonyl (C=O) groups is 1. The topological polar surface area (TPSA) is 46.9 Å². The summed E-state index contributed by atoms with van der Waals surface area (Å²) in [6.45, 7) is 4.41. The molecule has 4 rings (SSSR count). The van der Waals surface area contributed by atoms with Crippen molar-refractivity contribution < 1.29 is 9.18 Å². The van der Waals surface area contributed by atoms with E-state index in [0.717, 1.165) is 36.1 Å². The van der Waals surface area contributed by atoms with E-state index < -0.39 is 0 Å². The van der Waals surface area contributed by atoms with Gasteiger partial charge in [0.05, 0.1) is 5.69 Å². The number of benzene rings is 1. The van der Waals surface area contributed by atoms with Crippen LogP contribution in [-0.4, -0.2) is 15.7 Å². The Morgan fingerprint density at radius 3 is 2.50 bits per heavy atom. The van der Waals surface area contributed by atoms with Crippen LogP contribution in [0.15, 0.2) is 24.3 Å². The van der Waals surface area contributed by atoms with Gasteiger partial charge in [0.15, 0.2) is 5.82 Å². The second-order valence-corrected chi connectivity index (χ2v) is 8.51. The lowest BCUT2D eigenvalue weighted by molar-refractivity contribution is -0.116. The van der Waals surface area contributed by atoms with Gasteiger partial charge in [-0.15, -0.1) is 0 Å². The number of amides is 1. The van der Waals surface area contributed by atoms with Crippen molar-refractivity contribution in [1.82, 2.24) is 9.78 Å². The van der Waals surface area contributed by atoms with Crippen LogP contribution >= 0.6 is 0 Å². The van der Waals surface area contributed by atoms with Gasteiger partial charge < -0.3 is 5.32 Å². The lowest BCUT2D eigenvalue weighted by atomic mass is 9.79. The van der Waals surface area contributed by atoms with Gasteiger partial charge in [0, 0.05) is 24.6 Å². The first-order chi connectivity index (χ1) is 12.3. The Kier molecular flexibility index (Phi) is 4.13. The molecule has 2 aliphatic carbocycles. The summed E-state index contributed by atoms with van der Waals surface area (Å²) in [7, 11) is 1.89. The molecule has 1 aromatic carbocycles. The molecule has 0 radical (unpaired) electrons. The van der Waals surface area contributed by atoms with Gasteiger partial charge in [-0.25, -0.2) is 4.39 Å². The molecule has 1 N–H and O–H groups in total. The highest BCUT2D eigenvalue weighted by Crippen LogP contribution is 2.53. The molecule has 1 heterocycles. The number of rotatable bonds is 5. The largest absolute Gasteiger partial charge is 0.309 e. The van der Waals surface area contributed by atoms with Crippen LogP contribution in [0.25, 0.3) is 11.3 Å². The summed E-state index contributed by atoms with van der Waals surface area (Å²) >= 11 is 0. The van der Waals surface area contributed by atoms with E-state index >= 15 is 0 Å². The monoisotopic (exact) mass is 355 g/mol. The molecule has 0 bridgehead atoms. The number of anilines is 1. The van der Waals surface area contributed by atoms with Crippen molar-refractivity contribution >= 4 is 11.7 Å². The zero-order valence-corrected chi connectivity index (χ0v) is 15.7. The van der Waals surface area contributed by atoms with E-state index in [2.05, 4.69) is 24.3 Å². The highest BCUT2D eigenvalue weighted by Gasteiger charge is 2.46. The molecule has 2 aliphatic rings. The maximum Gasteiger partial charge on any atom is 0.225 e. The fourth-order valence-electron chi connectivity index (χ4n) is 4.00. The van der Waals surface area contributed by atoms with E-state index in [4.69, 9.17) is 0 Å². The van der Waals surface area contributed by atoms with Crippen LogP contribution in [0.2, 0.25) is 0 Å². The van der Waals surface area contributed by atoms with Crippen LogP contribution in [0.4, 0.5) is 10.2 Å².